The van der Waals surface area contributed by atoms with Crippen molar-refractivity contribution in [2.24, 2.45) is 0 Å². The Kier molecular flexibility index (Phi) is 2.80. The van der Waals surface area contributed by atoms with E-state index in [2.05, 4.69) is 26.2 Å². The molecule has 0 aliphatic heterocycles. The molecule has 0 aromatic carbocycles. The van der Waals surface area contributed by atoms with E-state index < -0.39 is 5.97 Å². The van der Waals surface area contributed by atoms with Gasteiger partial charge in [-0.2, -0.15) is 0 Å². The molecule has 0 fully saturated rings. The average Bonchev–Trinajstić information content (AvgIpc) is 2.32. The van der Waals surface area contributed by atoms with Gasteiger partial charge in [-0.15, -0.1) is 5.10 Å². The Morgan fingerprint density at radius 2 is 2.42 bits per heavy atom. The van der Waals surface area contributed by atoms with Gasteiger partial charge < -0.3 is 5.11 Å². The third-order valence-corrected chi connectivity index (χ3v) is 1.87. The van der Waals surface area contributed by atoms with Gasteiger partial charge in [0.15, 0.2) is 10.3 Å². The molecule has 1 rings (SSSR count). The second kappa shape index (κ2) is 3.66. The van der Waals surface area contributed by atoms with Gasteiger partial charge in [0.1, 0.15) is 0 Å². The predicted molar refractivity (Wildman–Crippen MR) is 45.0 cm³/mol. The van der Waals surface area contributed by atoms with Gasteiger partial charge in [-0.1, -0.05) is 12.1 Å². The molecule has 1 aromatic heterocycles. The van der Waals surface area contributed by atoms with E-state index in [9.17, 15) is 4.79 Å². The van der Waals surface area contributed by atoms with Gasteiger partial charge in [-0.25, -0.2) is 9.48 Å². The number of halogens is 1. The number of carboxylic acids is 1. The van der Waals surface area contributed by atoms with E-state index in [1.165, 1.54) is 4.68 Å². The smallest absolute Gasteiger partial charge is 0.357 e. The summed E-state index contributed by atoms with van der Waals surface area (Å²) in [5.41, 5.74) is 0.108. The first kappa shape index (κ1) is 9.18. The molecule has 12 heavy (non-hydrogen) atoms. The summed E-state index contributed by atoms with van der Waals surface area (Å²) in [6.07, 6.45) is 0.829. The van der Waals surface area contributed by atoms with E-state index >= 15 is 0 Å². The van der Waals surface area contributed by atoms with Crippen molar-refractivity contribution in [1.82, 2.24) is 15.0 Å². The lowest BCUT2D eigenvalue weighted by molar-refractivity contribution is 0.0682. The van der Waals surface area contributed by atoms with Crippen LogP contribution in [0.1, 0.15) is 23.8 Å². The van der Waals surface area contributed by atoms with Crippen LogP contribution in [-0.2, 0) is 6.54 Å². The van der Waals surface area contributed by atoms with E-state index in [0.29, 0.717) is 6.54 Å². The zero-order valence-electron chi connectivity index (χ0n) is 6.49. The van der Waals surface area contributed by atoms with Gasteiger partial charge in [0, 0.05) is 6.54 Å². The normalized spacial score (nSPS) is 10.2. The van der Waals surface area contributed by atoms with Crippen LogP contribution in [0.4, 0.5) is 0 Å². The summed E-state index contributed by atoms with van der Waals surface area (Å²) in [6, 6.07) is 0. The van der Waals surface area contributed by atoms with E-state index in [1.54, 1.807) is 0 Å². The molecule has 1 heterocycles. The fraction of sp³-hybridized carbons (Fsp3) is 0.500. The topological polar surface area (TPSA) is 68.0 Å². The van der Waals surface area contributed by atoms with Gasteiger partial charge in [0.2, 0.25) is 0 Å². The number of carbonyl (C=O) groups is 1. The molecule has 0 atom stereocenters. The molecule has 0 unspecified atom stereocenters. The van der Waals surface area contributed by atoms with E-state index in [0.717, 1.165) is 6.42 Å². The number of carboxylic acid groups (broad SMARTS) is 1. The zero-order chi connectivity index (χ0) is 9.14. The van der Waals surface area contributed by atoms with Crippen molar-refractivity contribution >= 4 is 21.9 Å². The van der Waals surface area contributed by atoms with Crippen molar-refractivity contribution in [1.29, 1.82) is 0 Å². The van der Waals surface area contributed by atoms with Crippen molar-refractivity contribution in [2.45, 2.75) is 19.9 Å². The maximum atomic E-state index is 10.6. The molecule has 66 valence electrons. The van der Waals surface area contributed by atoms with Crippen LogP contribution in [0.2, 0.25) is 0 Å². The van der Waals surface area contributed by atoms with Gasteiger partial charge >= 0.3 is 5.97 Å². The highest BCUT2D eigenvalue weighted by Crippen LogP contribution is 2.12. The summed E-state index contributed by atoms with van der Waals surface area (Å²) in [6.45, 7) is 2.52. The Labute approximate surface area is 77.5 Å². The standard InChI is InChI=1S/C6H8BrN3O2/c1-2-3-10-4(6(11)12)5(7)8-9-10/h2-3H2,1H3,(H,11,12). The lowest BCUT2D eigenvalue weighted by atomic mass is 10.4. The summed E-state index contributed by atoms with van der Waals surface area (Å²) in [4.78, 5) is 10.6. The van der Waals surface area contributed by atoms with Crippen molar-refractivity contribution in [2.75, 3.05) is 0 Å². The Morgan fingerprint density at radius 1 is 1.75 bits per heavy atom. The molecule has 1 aromatic rings. The molecule has 0 saturated heterocycles. The molecule has 1 N–H and O–H groups in total. The van der Waals surface area contributed by atoms with Crippen molar-refractivity contribution < 1.29 is 9.90 Å². The third-order valence-electron chi connectivity index (χ3n) is 1.33. The summed E-state index contributed by atoms with van der Waals surface area (Å²) in [7, 11) is 0. The zero-order valence-corrected chi connectivity index (χ0v) is 8.08. The lowest BCUT2D eigenvalue weighted by Crippen LogP contribution is -2.10. The van der Waals surface area contributed by atoms with Crippen LogP contribution in [0.5, 0.6) is 0 Å². The van der Waals surface area contributed by atoms with Gasteiger partial charge in [0.25, 0.3) is 0 Å². The number of aromatic carboxylic acids is 1. The monoisotopic (exact) mass is 233 g/mol. The molecule has 0 spiro atoms. The lowest BCUT2D eigenvalue weighted by Gasteiger charge is -1.98. The first-order valence-corrected chi connectivity index (χ1v) is 4.28. The number of hydrogen-bond donors (Lipinski definition) is 1. The van der Waals surface area contributed by atoms with Crippen LogP contribution in [0.15, 0.2) is 4.60 Å². The molecule has 0 aliphatic rings. The second-order valence-corrected chi connectivity index (χ2v) is 3.01. The molecular formula is C6H8BrN3O2. The number of nitrogens with zero attached hydrogens (tertiary/aromatic N) is 3. The van der Waals surface area contributed by atoms with Crippen molar-refractivity contribution in [3.05, 3.63) is 10.3 Å². The molecule has 0 radical (unpaired) electrons. The third kappa shape index (κ3) is 1.63. The minimum Gasteiger partial charge on any atom is -0.476 e. The maximum absolute atomic E-state index is 10.6. The summed E-state index contributed by atoms with van der Waals surface area (Å²) in [5, 5.41) is 16.0. The molecule has 0 aliphatic carbocycles. The van der Waals surface area contributed by atoms with E-state index in [-0.39, 0.29) is 10.3 Å². The number of aryl methyl sites for hydroxylation is 1. The van der Waals surface area contributed by atoms with Crippen LogP contribution >= 0.6 is 15.9 Å². The van der Waals surface area contributed by atoms with E-state index in [4.69, 9.17) is 5.11 Å². The van der Waals surface area contributed by atoms with Crippen LogP contribution in [-0.4, -0.2) is 26.1 Å². The van der Waals surface area contributed by atoms with Crippen molar-refractivity contribution in [3.8, 4) is 0 Å². The highest BCUT2D eigenvalue weighted by atomic mass is 79.9. The minimum absolute atomic E-state index is 0.108. The predicted octanol–water partition coefficient (Wildman–Crippen LogP) is 1.15. The molecule has 0 amide bonds. The summed E-state index contributed by atoms with van der Waals surface area (Å²) >= 11 is 3.01. The summed E-state index contributed by atoms with van der Waals surface area (Å²) < 4.78 is 1.65. The minimum atomic E-state index is -1.01. The van der Waals surface area contributed by atoms with Crippen molar-refractivity contribution in [3.63, 3.8) is 0 Å². The molecule has 6 heteroatoms. The fourth-order valence-electron chi connectivity index (χ4n) is 0.859. The SMILES string of the molecule is CCCn1nnc(Br)c1C(=O)O. The molecular weight excluding hydrogens is 226 g/mol. The second-order valence-electron chi connectivity index (χ2n) is 2.26. The Balaban J connectivity index is 3.04. The van der Waals surface area contributed by atoms with Gasteiger partial charge in [0.05, 0.1) is 0 Å². The van der Waals surface area contributed by atoms with Crippen LogP contribution in [0, 0.1) is 0 Å². The fourth-order valence-corrected chi connectivity index (χ4v) is 1.30. The molecule has 5 nitrogen and oxygen atoms in total. The first-order valence-electron chi connectivity index (χ1n) is 3.49. The highest BCUT2D eigenvalue weighted by Gasteiger charge is 2.16. The van der Waals surface area contributed by atoms with Crippen LogP contribution < -0.4 is 0 Å². The number of rotatable bonds is 3. The Hall–Kier alpha value is -0.910. The molecule has 0 saturated carbocycles. The average molecular weight is 234 g/mol. The van der Waals surface area contributed by atoms with Crippen LogP contribution in [0.25, 0.3) is 0 Å². The molecule has 0 bridgehead atoms. The van der Waals surface area contributed by atoms with Gasteiger partial charge in [-0.3, -0.25) is 0 Å². The summed E-state index contributed by atoms with van der Waals surface area (Å²) in [5.74, 6) is -1.01. The number of hydrogen-bond acceptors (Lipinski definition) is 3. The van der Waals surface area contributed by atoms with E-state index in [1.807, 2.05) is 6.92 Å². The van der Waals surface area contributed by atoms with Gasteiger partial charge in [-0.05, 0) is 22.4 Å². The highest BCUT2D eigenvalue weighted by molar-refractivity contribution is 9.10. The first-order chi connectivity index (χ1) is 5.66. The Morgan fingerprint density at radius 3 is 2.92 bits per heavy atom. The Bertz CT molecular complexity index is 297. The maximum Gasteiger partial charge on any atom is 0.357 e. The van der Waals surface area contributed by atoms with Crippen LogP contribution in [0.3, 0.4) is 0 Å². The number of aromatic nitrogens is 3. The largest absolute Gasteiger partial charge is 0.476 e. The quantitative estimate of drug-likeness (QED) is 0.851.